The predicted molar refractivity (Wildman–Crippen MR) is 97.6 cm³/mol. The molecule has 0 bridgehead atoms. The molecule has 0 atom stereocenters. The maximum absolute atomic E-state index is 12.1. The quantitative estimate of drug-likeness (QED) is 0.813. The molecule has 1 fully saturated rings. The highest BCUT2D eigenvalue weighted by Crippen LogP contribution is 2.31. The second-order valence-electron chi connectivity index (χ2n) is 5.92. The molecule has 7 heteroatoms. The average molecular weight is 360 g/mol. The lowest BCUT2D eigenvalue weighted by atomic mass is 10.1. The first kappa shape index (κ1) is 17.5. The third-order valence-electron chi connectivity index (χ3n) is 4.00. The Bertz CT molecular complexity index is 706. The first-order valence-corrected chi connectivity index (χ1v) is 9.15. The molecule has 2 aliphatic heterocycles. The molecule has 0 radical (unpaired) electrons. The minimum Gasteiger partial charge on any atom is -0.493 e. The number of hydrogen-bond acceptors (Lipinski definition) is 5. The molecule has 6 nitrogen and oxygen atoms in total. The van der Waals surface area contributed by atoms with Gasteiger partial charge in [0.25, 0.3) is 5.91 Å². The van der Waals surface area contributed by atoms with Crippen LogP contribution in [0.15, 0.2) is 34.2 Å². The lowest BCUT2D eigenvalue weighted by Crippen LogP contribution is -2.33. The number of benzene rings is 1. The smallest absolute Gasteiger partial charge is 0.306 e. The molecule has 0 spiro atoms. The summed E-state index contributed by atoms with van der Waals surface area (Å²) in [5.74, 6) is -0.464. The molecule has 3 rings (SSSR count). The molecule has 132 valence electrons. The van der Waals surface area contributed by atoms with Crippen LogP contribution in [0.2, 0.25) is 0 Å². The van der Waals surface area contributed by atoms with Gasteiger partial charge in [0.15, 0.2) is 5.17 Å². The van der Waals surface area contributed by atoms with E-state index in [0.29, 0.717) is 10.7 Å². The number of likely N-dealkylation sites (tertiary alicyclic amines) is 1. The van der Waals surface area contributed by atoms with Gasteiger partial charge in [0, 0.05) is 13.1 Å². The van der Waals surface area contributed by atoms with Gasteiger partial charge in [-0.15, -0.1) is 0 Å². The van der Waals surface area contributed by atoms with Crippen molar-refractivity contribution in [2.45, 2.75) is 25.7 Å². The summed E-state index contributed by atoms with van der Waals surface area (Å²) >= 11 is 1.43. The van der Waals surface area contributed by atoms with Crippen LogP contribution in [-0.2, 0) is 9.59 Å². The third-order valence-corrected chi connectivity index (χ3v) is 5.04. The van der Waals surface area contributed by atoms with Crippen LogP contribution >= 0.6 is 11.8 Å². The highest BCUT2D eigenvalue weighted by molar-refractivity contribution is 8.18. The van der Waals surface area contributed by atoms with E-state index in [2.05, 4.69) is 9.89 Å². The van der Waals surface area contributed by atoms with Crippen LogP contribution in [0.25, 0.3) is 6.08 Å². The summed E-state index contributed by atoms with van der Waals surface area (Å²) in [4.78, 5) is 29.6. The standard InChI is InChI=1S/C18H20N2O4S/c21-16(22)8-11-24-14-6-4-13(5-7-14)12-15-17(23)19-18(25-15)20-9-2-1-3-10-20/h4-7,12H,1-3,8-11H2,(H,21,22)/b15-12-. The Morgan fingerprint density at radius 3 is 2.64 bits per heavy atom. The normalized spacial score (nSPS) is 19.2. The van der Waals surface area contributed by atoms with Crippen molar-refractivity contribution in [1.82, 2.24) is 4.90 Å². The first-order valence-electron chi connectivity index (χ1n) is 8.34. The van der Waals surface area contributed by atoms with Crippen molar-refractivity contribution in [2.75, 3.05) is 19.7 Å². The number of carbonyl (C=O) groups excluding carboxylic acids is 1. The van der Waals surface area contributed by atoms with Gasteiger partial charge in [-0.2, -0.15) is 4.99 Å². The molecule has 0 unspecified atom stereocenters. The number of carboxylic acids is 1. The highest BCUT2D eigenvalue weighted by Gasteiger charge is 2.26. The van der Waals surface area contributed by atoms with Gasteiger partial charge >= 0.3 is 5.97 Å². The molecule has 1 N–H and O–H groups in total. The number of amidine groups is 1. The van der Waals surface area contributed by atoms with Crippen LogP contribution in [-0.4, -0.2) is 46.7 Å². The summed E-state index contributed by atoms with van der Waals surface area (Å²) < 4.78 is 5.36. The summed E-state index contributed by atoms with van der Waals surface area (Å²) in [5.41, 5.74) is 0.886. The molecule has 2 aliphatic rings. The van der Waals surface area contributed by atoms with Crippen LogP contribution < -0.4 is 4.74 Å². The van der Waals surface area contributed by atoms with Gasteiger partial charge in [-0.1, -0.05) is 12.1 Å². The molecule has 2 heterocycles. The van der Waals surface area contributed by atoms with Gasteiger partial charge in [0.2, 0.25) is 0 Å². The van der Waals surface area contributed by atoms with Crippen molar-refractivity contribution in [3.8, 4) is 5.75 Å². The largest absolute Gasteiger partial charge is 0.493 e. The van der Waals surface area contributed by atoms with Gasteiger partial charge < -0.3 is 14.7 Å². The molecule has 0 aliphatic carbocycles. The Hall–Kier alpha value is -2.28. The van der Waals surface area contributed by atoms with Crippen LogP contribution in [0, 0.1) is 0 Å². The number of hydrogen-bond donors (Lipinski definition) is 1. The maximum atomic E-state index is 12.1. The lowest BCUT2D eigenvalue weighted by molar-refractivity contribution is -0.137. The highest BCUT2D eigenvalue weighted by atomic mass is 32.2. The fourth-order valence-electron chi connectivity index (χ4n) is 2.69. The number of aliphatic carboxylic acids is 1. The SMILES string of the molecule is O=C(O)CCOc1ccc(/C=C2\SC(N3CCCCC3)=NC2=O)cc1. The van der Waals surface area contributed by atoms with Gasteiger partial charge in [-0.25, -0.2) is 0 Å². The average Bonchev–Trinajstić information content (AvgIpc) is 2.98. The minimum absolute atomic E-state index is 0.0342. The second kappa shape index (κ2) is 8.20. The van der Waals surface area contributed by atoms with Crippen LogP contribution in [0.4, 0.5) is 0 Å². The zero-order chi connectivity index (χ0) is 17.6. The number of nitrogens with zero attached hydrogens (tertiary/aromatic N) is 2. The van der Waals surface area contributed by atoms with E-state index in [0.717, 1.165) is 36.7 Å². The topological polar surface area (TPSA) is 79.2 Å². The monoisotopic (exact) mass is 360 g/mol. The Morgan fingerprint density at radius 2 is 1.96 bits per heavy atom. The summed E-state index contributed by atoms with van der Waals surface area (Å²) in [7, 11) is 0. The third kappa shape index (κ3) is 4.85. The van der Waals surface area contributed by atoms with E-state index < -0.39 is 5.97 Å². The van der Waals surface area contributed by atoms with E-state index in [4.69, 9.17) is 9.84 Å². The molecular formula is C18H20N2O4S. The Labute approximate surface area is 150 Å². The van der Waals surface area contributed by atoms with Crippen molar-refractivity contribution < 1.29 is 19.4 Å². The van der Waals surface area contributed by atoms with Crippen LogP contribution in [0.5, 0.6) is 5.75 Å². The minimum atomic E-state index is -0.886. The number of aliphatic imine (C=N–C) groups is 1. The van der Waals surface area contributed by atoms with Crippen molar-refractivity contribution in [3.05, 3.63) is 34.7 Å². The zero-order valence-electron chi connectivity index (χ0n) is 13.8. The van der Waals surface area contributed by atoms with Gasteiger partial charge in [0.05, 0.1) is 17.9 Å². The molecule has 1 saturated heterocycles. The van der Waals surface area contributed by atoms with E-state index in [9.17, 15) is 9.59 Å². The zero-order valence-corrected chi connectivity index (χ0v) is 14.6. The maximum Gasteiger partial charge on any atom is 0.306 e. The number of piperidine rings is 1. The molecule has 0 saturated carbocycles. The van der Waals surface area contributed by atoms with E-state index >= 15 is 0 Å². The number of ether oxygens (including phenoxy) is 1. The van der Waals surface area contributed by atoms with E-state index in [1.807, 2.05) is 18.2 Å². The van der Waals surface area contributed by atoms with Gasteiger partial charge in [0.1, 0.15) is 5.75 Å². The second-order valence-corrected chi connectivity index (χ2v) is 6.93. The molecule has 0 aromatic heterocycles. The summed E-state index contributed by atoms with van der Waals surface area (Å²) in [6.07, 6.45) is 5.33. The van der Waals surface area contributed by atoms with Crippen molar-refractivity contribution in [3.63, 3.8) is 0 Å². The van der Waals surface area contributed by atoms with E-state index in [1.165, 1.54) is 18.2 Å². The summed E-state index contributed by atoms with van der Waals surface area (Å²) in [6, 6.07) is 7.22. The lowest BCUT2D eigenvalue weighted by Gasteiger charge is -2.27. The molecule has 25 heavy (non-hydrogen) atoms. The van der Waals surface area contributed by atoms with Gasteiger partial charge in [-0.3, -0.25) is 9.59 Å². The fourth-order valence-corrected chi connectivity index (χ4v) is 3.65. The molecular weight excluding hydrogens is 340 g/mol. The van der Waals surface area contributed by atoms with E-state index in [-0.39, 0.29) is 18.9 Å². The van der Waals surface area contributed by atoms with Crippen LogP contribution in [0.1, 0.15) is 31.2 Å². The van der Waals surface area contributed by atoms with Crippen LogP contribution in [0.3, 0.4) is 0 Å². The Balaban J connectivity index is 1.59. The number of amides is 1. The Kier molecular flexibility index (Phi) is 5.75. The van der Waals surface area contributed by atoms with E-state index in [1.54, 1.807) is 12.1 Å². The fraction of sp³-hybridized carbons (Fsp3) is 0.389. The first-order chi connectivity index (χ1) is 12.1. The van der Waals surface area contributed by atoms with Crippen molar-refractivity contribution >= 4 is 34.9 Å². The number of carboxylic acid groups (broad SMARTS) is 1. The van der Waals surface area contributed by atoms with Crippen molar-refractivity contribution in [1.29, 1.82) is 0 Å². The summed E-state index contributed by atoms with van der Waals surface area (Å²) in [6.45, 7) is 2.07. The Morgan fingerprint density at radius 1 is 1.24 bits per heavy atom. The number of rotatable bonds is 5. The molecule has 1 amide bonds. The number of carbonyl (C=O) groups is 2. The molecule has 1 aromatic carbocycles. The van der Waals surface area contributed by atoms with Gasteiger partial charge in [-0.05, 0) is 54.8 Å². The van der Waals surface area contributed by atoms with Crippen molar-refractivity contribution in [2.24, 2.45) is 4.99 Å². The number of thioether (sulfide) groups is 1. The molecule has 1 aromatic rings. The summed E-state index contributed by atoms with van der Waals surface area (Å²) in [5, 5.41) is 9.41. The predicted octanol–water partition coefficient (Wildman–Crippen LogP) is 3.00.